The van der Waals surface area contributed by atoms with Gasteiger partial charge in [-0.15, -0.1) is 0 Å². The van der Waals surface area contributed by atoms with E-state index in [1.165, 1.54) is 7.11 Å². The highest BCUT2D eigenvalue weighted by atomic mass is 16.8. The maximum absolute atomic E-state index is 13.0. The molecule has 0 N–H and O–H groups in total. The largest absolute Gasteiger partial charge is 0.447 e. The molecule has 0 saturated carbocycles. The first kappa shape index (κ1) is 21.7. The first-order valence-corrected chi connectivity index (χ1v) is 10.2. The SMILES string of the molecule is CO[C@H]1OC2COC(C)(C)O[C@H]2[C@@H]2OC(C)(C)OC2[C@@]1(C)OC(=O)c1ccccc1. The molecule has 0 spiro atoms. The molecule has 3 aliphatic rings. The highest BCUT2D eigenvalue weighted by Crippen LogP contribution is 2.46. The van der Waals surface area contributed by atoms with Crippen LogP contribution in [0.1, 0.15) is 45.0 Å². The number of rotatable bonds is 3. The Morgan fingerprint density at radius 1 is 0.967 bits per heavy atom. The van der Waals surface area contributed by atoms with Crippen LogP contribution in [-0.4, -0.2) is 67.6 Å². The molecule has 0 aliphatic carbocycles. The fourth-order valence-corrected chi connectivity index (χ4v) is 4.34. The summed E-state index contributed by atoms with van der Waals surface area (Å²) in [6.07, 6.45) is -3.13. The van der Waals surface area contributed by atoms with Crippen LogP contribution in [0.3, 0.4) is 0 Å². The second kappa shape index (κ2) is 7.55. The van der Waals surface area contributed by atoms with E-state index in [1.54, 1.807) is 31.2 Å². The van der Waals surface area contributed by atoms with Crippen molar-refractivity contribution in [3.8, 4) is 0 Å². The van der Waals surface area contributed by atoms with Gasteiger partial charge in [-0.05, 0) is 46.8 Å². The molecule has 166 valence electrons. The topological polar surface area (TPSA) is 81.7 Å². The number of carbonyl (C=O) groups is 1. The molecule has 6 atom stereocenters. The van der Waals surface area contributed by atoms with E-state index in [1.807, 2.05) is 33.8 Å². The molecule has 1 aromatic rings. The third-order valence-corrected chi connectivity index (χ3v) is 5.70. The van der Waals surface area contributed by atoms with E-state index in [-0.39, 0.29) is 6.61 Å². The van der Waals surface area contributed by atoms with Gasteiger partial charge in [-0.2, -0.15) is 0 Å². The predicted molar refractivity (Wildman–Crippen MR) is 105 cm³/mol. The average molecular weight is 422 g/mol. The minimum atomic E-state index is -1.30. The molecular formula is C22H30O8. The number of esters is 1. The van der Waals surface area contributed by atoms with Crippen molar-refractivity contribution in [1.29, 1.82) is 0 Å². The Balaban J connectivity index is 1.72. The van der Waals surface area contributed by atoms with Crippen LogP contribution in [0.5, 0.6) is 0 Å². The van der Waals surface area contributed by atoms with E-state index in [0.29, 0.717) is 5.56 Å². The normalized spacial score (nSPS) is 39.5. The lowest BCUT2D eigenvalue weighted by Gasteiger charge is -2.42. The van der Waals surface area contributed by atoms with Gasteiger partial charge in [0.25, 0.3) is 0 Å². The molecular weight excluding hydrogens is 392 g/mol. The fraction of sp³-hybridized carbons (Fsp3) is 0.682. The van der Waals surface area contributed by atoms with Crippen molar-refractivity contribution in [2.45, 2.75) is 82.5 Å². The number of benzene rings is 1. The molecule has 0 radical (unpaired) electrons. The number of fused-ring (bicyclic) bond motifs is 3. The predicted octanol–water partition coefficient (Wildman–Crippen LogP) is 2.64. The maximum atomic E-state index is 13.0. The second-order valence-electron chi connectivity index (χ2n) is 9.00. The molecule has 3 aliphatic heterocycles. The van der Waals surface area contributed by atoms with Crippen molar-refractivity contribution in [2.24, 2.45) is 0 Å². The van der Waals surface area contributed by atoms with Crippen LogP contribution < -0.4 is 0 Å². The first-order chi connectivity index (χ1) is 14.0. The monoisotopic (exact) mass is 422 g/mol. The molecule has 0 bridgehead atoms. The summed E-state index contributed by atoms with van der Waals surface area (Å²) in [6.45, 7) is 9.35. The van der Waals surface area contributed by atoms with Gasteiger partial charge in [-0.25, -0.2) is 4.79 Å². The molecule has 3 fully saturated rings. The van der Waals surface area contributed by atoms with E-state index >= 15 is 0 Å². The van der Waals surface area contributed by atoms with Crippen molar-refractivity contribution in [1.82, 2.24) is 0 Å². The van der Waals surface area contributed by atoms with Crippen LogP contribution in [-0.2, 0) is 33.2 Å². The van der Waals surface area contributed by atoms with Crippen LogP contribution in [0.2, 0.25) is 0 Å². The zero-order valence-corrected chi connectivity index (χ0v) is 18.2. The lowest BCUT2D eigenvalue weighted by atomic mass is 9.90. The first-order valence-electron chi connectivity index (χ1n) is 10.2. The summed E-state index contributed by atoms with van der Waals surface area (Å²) in [6, 6.07) is 8.77. The number of hydrogen-bond acceptors (Lipinski definition) is 8. The summed E-state index contributed by atoms with van der Waals surface area (Å²) < 4.78 is 42.4. The van der Waals surface area contributed by atoms with Crippen molar-refractivity contribution >= 4 is 5.97 Å². The third kappa shape index (κ3) is 3.88. The molecule has 3 saturated heterocycles. The van der Waals surface area contributed by atoms with Crippen LogP contribution in [0.4, 0.5) is 0 Å². The number of carbonyl (C=O) groups excluding carboxylic acids is 1. The second-order valence-corrected chi connectivity index (χ2v) is 9.00. The zero-order chi connectivity index (χ0) is 21.7. The van der Waals surface area contributed by atoms with Gasteiger partial charge in [0.15, 0.2) is 23.5 Å². The van der Waals surface area contributed by atoms with Crippen LogP contribution in [0.25, 0.3) is 0 Å². The summed E-state index contributed by atoms with van der Waals surface area (Å²) in [5.74, 6) is -2.21. The molecule has 4 rings (SSSR count). The average Bonchev–Trinajstić information content (AvgIpc) is 2.99. The Morgan fingerprint density at radius 3 is 2.30 bits per heavy atom. The highest BCUT2D eigenvalue weighted by Gasteiger charge is 2.64. The zero-order valence-electron chi connectivity index (χ0n) is 18.2. The van der Waals surface area contributed by atoms with Gasteiger partial charge in [-0.3, -0.25) is 0 Å². The van der Waals surface area contributed by atoms with Gasteiger partial charge in [0, 0.05) is 7.11 Å². The number of ether oxygens (including phenoxy) is 7. The van der Waals surface area contributed by atoms with E-state index in [0.717, 1.165) is 0 Å². The summed E-state index contributed by atoms with van der Waals surface area (Å²) in [7, 11) is 1.50. The summed E-state index contributed by atoms with van der Waals surface area (Å²) >= 11 is 0. The molecule has 0 aromatic heterocycles. The van der Waals surface area contributed by atoms with E-state index in [9.17, 15) is 4.79 Å². The van der Waals surface area contributed by atoms with Crippen molar-refractivity contribution in [2.75, 3.05) is 13.7 Å². The van der Waals surface area contributed by atoms with Crippen LogP contribution >= 0.6 is 0 Å². The van der Waals surface area contributed by atoms with Gasteiger partial charge in [0.1, 0.15) is 24.4 Å². The van der Waals surface area contributed by atoms with Crippen LogP contribution in [0.15, 0.2) is 30.3 Å². The summed E-state index contributed by atoms with van der Waals surface area (Å²) in [5, 5.41) is 0. The summed E-state index contributed by atoms with van der Waals surface area (Å²) in [5.41, 5.74) is -0.879. The maximum Gasteiger partial charge on any atom is 0.338 e. The Kier molecular flexibility index (Phi) is 5.45. The molecule has 8 heteroatoms. The van der Waals surface area contributed by atoms with Crippen LogP contribution in [0, 0.1) is 0 Å². The minimum absolute atomic E-state index is 0.285. The Hall–Kier alpha value is -1.55. The van der Waals surface area contributed by atoms with Gasteiger partial charge in [0.05, 0.1) is 12.2 Å². The van der Waals surface area contributed by atoms with Crippen molar-refractivity contribution in [3.05, 3.63) is 35.9 Å². The van der Waals surface area contributed by atoms with Gasteiger partial charge < -0.3 is 33.2 Å². The lowest BCUT2D eigenvalue weighted by Crippen LogP contribution is -2.58. The van der Waals surface area contributed by atoms with Gasteiger partial charge in [-0.1, -0.05) is 18.2 Å². The van der Waals surface area contributed by atoms with E-state index in [4.69, 9.17) is 33.2 Å². The van der Waals surface area contributed by atoms with E-state index < -0.39 is 53.9 Å². The Labute approximate surface area is 176 Å². The van der Waals surface area contributed by atoms with Gasteiger partial charge in [0.2, 0.25) is 0 Å². The number of hydrogen-bond donors (Lipinski definition) is 0. The standard InChI is InChI=1S/C22H30O8/c1-20(2)25-12-14-15(27-20)16-17(29-21(3,4)28-16)22(5,19(24-6)26-14)30-18(23)13-10-8-7-9-11-13/h7-11,14-17,19H,12H2,1-6H3/t14?,15-,16+,17?,19+,22-/m1/s1. The quantitative estimate of drug-likeness (QED) is 0.688. The molecule has 0 amide bonds. The van der Waals surface area contributed by atoms with Crippen molar-refractivity contribution < 1.29 is 38.0 Å². The Bertz CT molecular complexity index is 779. The van der Waals surface area contributed by atoms with E-state index in [2.05, 4.69) is 0 Å². The third-order valence-electron chi connectivity index (χ3n) is 5.70. The number of methoxy groups -OCH3 is 1. The lowest BCUT2D eigenvalue weighted by molar-refractivity contribution is -0.344. The summed E-state index contributed by atoms with van der Waals surface area (Å²) in [4.78, 5) is 13.0. The Morgan fingerprint density at radius 2 is 1.63 bits per heavy atom. The minimum Gasteiger partial charge on any atom is -0.447 e. The molecule has 3 heterocycles. The smallest absolute Gasteiger partial charge is 0.338 e. The molecule has 30 heavy (non-hydrogen) atoms. The van der Waals surface area contributed by atoms with Crippen molar-refractivity contribution in [3.63, 3.8) is 0 Å². The highest BCUT2D eigenvalue weighted by molar-refractivity contribution is 5.89. The van der Waals surface area contributed by atoms with Gasteiger partial charge >= 0.3 is 5.97 Å². The molecule has 1 aromatic carbocycles. The molecule has 8 nitrogen and oxygen atoms in total. The fourth-order valence-electron chi connectivity index (χ4n) is 4.34. The molecule has 2 unspecified atom stereocenters.